The van der Waals surface area contributed by atoms with Crippen molar-refractivity contribution >= 4 is 15.7 Å². The number of hydrogen-bond donors (Lipinski definition) is 3. The summed E-state index contributed by atoms with van der Waals surface area (Å²) in [5.74, 6) is 5.23. The van der Waals surface area contributed by atoms with Crippen molar-refractivity contribution < 1.29 is 8.42 Å². The molecule has 0 bridgehead atoms. The lowest BCUT2D eigenvalue weighted by Gasteiger charge is -2.18. The molecule has 0 saturated carbocycles. The lowest BCUT2D eigenvalue weighted by molar-refractivity contribution is 0.309. The Morgan fingerprint density at radius 2 is 1.74 bits per heavy atom. The van der Waals surface area contributed by atoms with Crippen LogP contribution in [-0.4, -0.2) is 39.5 Å². The van der Waals surface area contributed by atoms with Crippen LogP contribution in [0.2, 0.25) is 0 Å². The van der Waals surface area contributed by atoms with E-state index in [-0.39, 0.29) is 4.90 Å². The van der Waals surface area contributed by atoms with Crippen molar-refractivity contribution in [3.63, 3.8) is 0 Å². The smallest absolute Gasteiger partial charge is 0.240 e. The van der Waals surface area contributed by atoms with Gasteiger partial charge in [0.05, 0.1) is 4.90 Å². The van der Waals surface area contributed by atoms with Gasteiger partial charge in [-0.05, 0) is 37.4 Å². The molecule has 108 valence electrons. The number of anilines is 1. The molecule has 0 saturated heterocycles. The zero-order valence-electron chi connectivity index (χ0n) is 11.4. The second-order valence-electron chi connectivity index (χ2n) is 4.09. The van der Waals surface area contributed by atoms with Gasteiger partial charge in [0.25, 0.3) is 0 Å². The van der Waals surface area contributed by atoms with Crippen LogP contribution in [0.3, 0.4) is 0 Å². The third kappa shape index (κ3) is 4.79. The lowest BCUT2D eigenvalue weighted by Crippen LogP contribution is -2.34. The van der Waals surface area contributed by atoms with Crippen LogP contribution in [0.1, 0.15) is 13.8 Å². The number of hydrogen-bond acceptors (Lipinski definition) is 5. The van der Waals surface area contributed by atoms with Gasteiger partial charge in [-0.3, -0.25) is 5.84 Å². The monoisotopic (exact) mass is 286 g/mol. The summed E-state index contributed by atoms with van der Waals surface area (Å²) in [5, 5.41) is 0. The number of sulfonamides is 1. The maximum atomic E-state index is 12.0. The number of hydrazine groups is 1. The van der Waals surface area contributed by atoms with Crippen LogP contribution >= 0.6 is 0 Å². The Kier molecular flexibility index (Phi) is 6.23. The summed E-state index contributed by atoms with van der Waals surface area (Å²) in [6.07, 6.45) is 0. The lowest BCUT2D eigenvalue weighted by atomic mass is 10.3. The van der Waals surface area contributed by atoms with Gasteiger partial charge in [-0.1, -0.05) is 13.8 Å². The highest BCUT2D eigenvalue weighted by molar-refractivity contribution is 7.89. The molecular formula is C12H22N4O2S. The first kappa shape index (κ1) is 15.9. The molecule has 0 atom stereocenters. The van der Waals surface area contributed by atoms with Crippen LogP contribution in [0, 0.1) is 0 Å². The average molecular weight is 286 g/mol. The summed E-state index contributed by atoms with van der Waals surface area (Å²) >= 11 is 0. The van der Waals surface area contributed by atoms with E-state index < -0.39 is 10.0 Å². The van der Waals surface area contributed by atoms with E-state index in [9.17, 15) is 8.42 Å². The molecule has 0 radical (unpaired) electrons. The van der Waals surface area contributed by atoms with E-state index >= 15 is 0 Å². The molecule has 6 nitrogen and oxygen atoms in total. The summed E-state index contributed by atoms with van der Waals surface area (Å²) < 4.78 is 26.6. The molecule has 0 aromatic heterocycles. The number of nitrogens with zero attached hydrogens (tertiary/aromatic N) is 1. The fourth-order valence-corrected chi connectivity index (χ4v) is 2.71. The minimum atomic E-state index is -3.44. The van der Waals surface area contributed by atoms with Crippen LogP contribution in [0.25, 0.3) is 0 Å². The van der Waals surface area contributed by atoms with Crippen LogP contribution in [0.15, 0.2) is 29.2 Å². The molecule has 0 spiro atoms. The van der Waals surface area contributed by atoms with E-state index in [4.69, 9.17) is 5.84 Å². The number of nitrogens with two attached hydrogens (primary N) is 1. The van der Waals surface area contributed by atoms with E-state index in [1.54, 1.807) is 12.1 Å². The summed E-state index contributed by atoms with van der Waals surface area (Å²) in [6.45, 7) is 7.03. The van der Waals surface area contributed by atoms with Crippen molar-refractivity contribution in [2.45, 2.75) is 18.7 Å². The SMILES string of the molecule is CCN(CC)CCNS(=O)(=O)c1ccc(NN)cc1. The summed E-state index contributed by atoms with van der Waals surface area (Å²) in [7, 11) is -3.44. The van der Waals surface area contributed by atoms with E-state index in [2.05, 4.69) is 28.9 Å². The number of benzene rings is 1. The Bertz CT molecular complexity index is 469. The zero-order chi connectivity index (χ0) is 14.3. The van der Waals surface area contributed by atoms with Crippen molar-refractivity contribution in [2.24, 2.45) is 5.84 Å². The molecule has 0 aliphatic carbocycles. The van der Waals surface area contributed by atoms with E-state index in [1.807, 2.05) is 0 Å². The Labute approximate surface area is 115 Å². The van der Waals surface area contributed by atoms with E-state index in [0.717, 1.165) is 13.1 Å². The summed E-state index contributed by atoms with van der Waals surface area (Å²) in [4.78, 5) is 2.40. The predicted molar refractivity (Wildman–Crippen MR) is 77.2 cm³/mol. The molecule has 0 aliphatic heterocycles. The number of rotatable bonds is 8. The summed E-state index contributed by atoms with van der Waals surface area (Å²) in [5.41, 5.74) is 3.13. The molecule has 0 aliphatic rings. The first-order chi connectivity index (χ1) is 9.03. The van der Waals surface area contributed by atoms with Crippen molar-refractivity contribution in [1.82, 2.24) is 9.62 Å². The fourth-order valence-electron chi connectivity index (χ4n) is 1.69. The highest BCUT2D eigenvalue weighted by Crippen LogP contribution is 2.12. The van der Waals surface area contributed by atoms with Gasteiger partial charge in [-0.15, -0.1) is 0 Å². The maximum absolute atomic E-state index is 12.0. The largest absolute Gasteiger partial charge is 0.324 e. The van der Waals surface area contributed by atoms with Crippen molar-refractivity contribution in [1.29, 1.82) is 0 Å². The molecule has 1 aromatic rings. The van der Waals surface area contributed by atoms with E-state index in [0.29, 0.717) is 18.8 Å². The molecular weight excluding hydrogens is 264 g/mol. The Balaban J connectivity index is 2.60. The van der Waals surface area contributed by atoms with Crippen LogP contribution in [-0.2, 0) is 10.0 Å². The molecule has 7 heteroatoms. The molecule has 0 fully saturated rings. The van der Waals surface area contributed by atoms with Crippen LogP contribution in [0.5, 0.6) is 0 Å². The minimum Gasteiger partial charge on any atom is -0.324 e. The standard InChI is InChI=1S/C12H22N4O2S/c1-3-16(4-2)10-9-14-19(17,18)12-7-5-11(15-13)6-8-12/h5-8,14-15H,3-4,9-10,13H2,1-2H3. The summed E-state index contributed by atoms with van der Waals surface area (Å²) in [6, 6.07) is 6.29. The van der Waals surface area contributed by atoms with Gasteiger partial charge in [-0.25, -0.2) is 13.1 Å². The first-order valence-electron chi connectivity index (χ1n) is 6.32. The number of likely N-dealkylation sites (N-methyl/N-ethyl adjacent to an activating group) is 1. The molecule has 4 N–H and O–H groups in total. The van der Waals surface area contributed by atoms with Gasteiger partial charge in [0.15, 0.2) is 0 Å². The normalized spacial score (nSPS) is 11.8. The Hall–Kier alpha value is -1.15. The number of nitrogen functional groups attached to an aromatic ring is 1. The molecule has 0 amide bonds. The van der Waals surface area contributed by atoms with Crippen molar-refractivity contribution in [3.05, 3.63) is 24.3 Å². The van der Waals surface area contributed by atoms with Gasteiger partial charge >= 0.3 is 0 Å². The zero-order valence-corrected chi connectivity index (χ0v) is 12.2. The highest BCUT2D eigenvalue weighted by Gasteiger charge is 2.13. The number of nitrogens with one attached hydrogen (secondary N) is 2. The average Bonchev–Trinajstić information content (AvgIpc) is 2.43. The quantitative estimate of drug-likeness (QED) is 0.481. The van der Waals surface area contributed by atoms with Gasteiger partial charge in [0, 0.05) is 18.8 Å². The third-order valence-electron chi connectivity index (χ3n) is 2.95. The van der Waals surface area contributed by atoms with Gasteiger partial charge in [0.1, 0.15) is 0 Å². The van der Waals surface area contributed by atoms with Gasteiger partial charge in [0.2, 0.25) is 10.0 Å². The van der Waals surface area contributed by atoms with E-state index in [1.165, 1.54) is 12.1 Å². The third-order valence-corrected chi connectivity index (χ3v) is 4.42. The Morgan fingerprint density at radius 1 is 1.16 bits per heavy atom. The molecule has 1 aromatic carbocycles. The second kappa shape index (κ2) is 7.44. The van der Waals surface area contributed by atoms with Crippen LogP contribution in [0.4, 0.5) is 5.69 Å². The van der Waals surface area contributed by atoms with Gasteiger partial charge in [-0.2, -0.15) is 0 Å². The van der Waals surface area contributed by atoms with Crippen molar-refractivity contribution in [3.8, 4) is 0 Å². The predicted octanol–water partition coefficient (Wildman–Crippen LogP) is 0.592. The highest BCUT2D eigenvalue weighted by atomic mass is 32.2. The first-order valence-corrected chi connectivity index (χ1v) is 7.80. The maximum Gasteiger partial charge on any atom is 0.240 e. The molecule has 0 unspecified atom stereocenters. The molecule has 19 heavy (non-hydrogen) atoms. The fraction of sp³-hybridized carbons (Fsp3) is 0.500. The van der Waals surface area contributed by atoms with Crippen LogP contribution < -0.4 is 16.0 Å². The topological polar surface area (TPSA) is 87.5 Å². The van der Waals surface area contributed by atoms with Gasteiger partial charge < -0.3 is 10.3 Å². The Morgan fingerprint density at radius 3 is 2.21 bits per heavy atom. The minimum absolute atomic E-state index is 0.242. The molecule has 0 heterocycles. The molecule has 1 rings (SSSR count). The second-order valence-corrected chi connectivity index (χ2v) is 5.86. The van der Waals surface area contributed by atoms with Crippen molar-refractivity contribution in [2.75, 3.05) is 31.6 Å².